The number of thiophene rings is 1. The molecule has 0 radical (unpaired) electrons. The molecule has 96 valence electrons. The van der Waals surface area contributed by atoms with Crippen LogP contribution in [-0.2, 0) is 11.2 Å². The second-order valence-electron chi connectivity index (χ2n) is 4.57. The average molecular weight is 254 g/mol. The first-order valence-corrected chi connectivity index (χ1v) is 7.07. The molecule has 0 saturated heterocycles. The van der Waals surface area contributed by atoms with Crippen LogP contribution in [0.4, 0.5) is 0 Å². The minimum absolute atomic E-state index is 0.0368. The third kappa shape index (κ3) is 3.82. The summed E-state index contributed by atoms with van der Waals surface area (Å²) in [6, 6.07) is 2.21. The molecule has 0 bridgehead atoms. The van der Waals surface area contributed by atoms with E-state index in [1.807, 2.05) is 20.8 Å². The Labute approximate surface area is 107 Å². The summed E-state index contributed by atoms with van der Waals surface area (Å²) in [6.07, 6.45) is 2.19. The maximum absolute atomic E-state index is 12.0. The molecule has 0 fully saturated rings. The molecule has 17 heavy (non-hydrogen) atoms. The fourth-order valence-electron chi connectivity index (χ4n) is 1.75. The van der Waals surface area contributed by atoms with Crippen molar-refractivity contribution in [2.45, 2.75) is 51.6 Å². The number of carbonyl (C=O) groups excluding carboxylic acids is 1. The topological polar surface area (TPSA) is 55.1 Å². The van der Waals surface area contributed by atoms with E-state index >= 15 is 0 Å². The summed E-state index contributed by atoms with van der Waals surface area (Å²) in [6.45, 7) is 5.92. The van der Waals surface area contributed by atoms with Crippen LogP contribution in [0.25, 0.3) is 0 Å². The summed E-state index contributed by atoms with van der Waals surface area (Å²) >= 11 is 1.68. The van der Waals surface area contributed by atoms with Crippen LogP contribution in [0.5, 0.6) is 0 Å². The Balaban J connectivity index is 2.51. The molecule has 0 aromatic carbocycles. The molecular weight excluding hydrogens is 232 g/mol. The molecule has 0 aliphatic rings. The molecule has 4 heteroatoms. The molecule has 1 aromatic heterocycles. The molecule has 1 amide bonds. The molecule has 0 saturated carbocycles. The molecule has 0 spiro atoms. The molecule has 1 atom stereocenters. The van der Waals surface area contributed by atoms with Gasteiger partial charge in [-0.15, -0.1) is 0 Å². The van der Waals surface area contributed by atoms with Crippen LogP contribution >= 0.6 is 11.3 Å². The maximum atomic E-state index is 12.0. The van der Waals surface area contributed by atoms with E-state index in [4.69, 9.17) is 5.73 Å². The Morgan fingerprint density at radius 1 is 1.53 bits per heavy atom. The molecule has 1 rings (SSSR count). The van der Waals surface area contributed by atoms with E-state index in [1.165, 1.54) is 5.56 Å². The number of nitrogens with one attached hydrogen (secondary N) is 1. The zero-order valence-electron chi connectivity index (χ0n) is 10.8. The summed E-state index contributed by atoms with van der Waals surface area (Å²) in [5.74, 6) is -0.0368. The van der Waals surface area contributed by atoms with Crippen LogP contribution in [0, 0.1) is 0 Å². The summed E-state index contributed by atoms with van der Waals surface area (Å²) in [5.41, 5.74) is 6.59. The Morgan fingerprint density at radius 3 is 2.65 bits per heavy atom. The SMILES string of the molecule is CCC(N)(CC)C(=O)NC(C)Cc1ccsc1. The van der Waals surface area contributed by atoms with Crippen molar-refractivity contribution >= 4 is 17.2 Å². The van der Waals surface area contributed by atoms with Gasteiger partial charge in [0.25, 0.3) is 0 Å². The quantitative estimate of drug-likeness (QED) is 0.818. The first kappa shape index (κ1) is 14.2. The zero-order chi connectivity index (χ0) is 12.9. The largest absolute Gasteiger partial charge is 0.352 e. The van der Waals surface area contributed by atoms with E-state index < -0.39 is 5.54 Å². The summed E-state index contributed by atoms with van der Waals surface area (Å²) in [4.78, 5) is 12.0. The van der Waals surface area contributed by atoms with Crippen molar-refractivity contribution in [3.8, 4) is 0 Å². The predicted molar refractivity (Wildman–Crippen MR) is 73.1 cm³/mol. The van der Waals surface area contributed by atoms with Crippen LogP contribution in [0.2, 0.25) is 0 Å². The monoisotopic (exact) mass is 254 g/mol. The van der Waals surface area contributed by atoms with Gasteiger partial charge in [0.15, 0.2) is 0 Å². The number of hydrogen-bond donors (Lipinski definition) is 2. The van der Waals surface area contributed by atoms with E-state index in [9.17, 15) is 4.79 Å². The Morgan fingerprint density at radius 2 is 2.18 bits per heavy atom. The lowest BCUT2D eigenvalue weighted by Crippen LogP contribution is -2.55. The van der Waals surface area contributed by atoms with Gasteiger partial charge in [-0.1, -0.05) is 13.8 Å². The van der Waals surface area contributed by atoms with Gasteiger partial charge >= 0.3 is 0 Å². The van der Waals surface area contributed by atoms with Gasteiger partial charge in [0, 0.05) is 6.04 Å². The lowest BCUT2D eigenvalue weighted by Gasteiger charge is -2.27. The standard InChI is InChI=1S/C13H22N2OS/c1-4-13(14,5-2)12(16)15-10(3)8-11-6-7-17-9-11/h6-7,9-10H,4-5,8,14H2,1-3H3,(H,15,16). The molecule has 1 unspecified atom stereocenters. The average Bonchev–Trinajstić information content (AvgIpc) is 2.80. The maximum Gasteiger partial charge on any atom is 0.240 e. The molecule has 0 aliphatic carbocycles. The number of nitrogens with two attached hydrogens (primary N) is 1. The van der Waals surface area contributed by atoms with Crippen LogP contribution in [0.3, 0.4) is 0 Å². The van der Waals surface area contributed by atoms with Gasteiger partial charge in [-0.2, -0.15) is 11.3 Å². The fourth-order valence-corrected chi connectivity index (χ4v) is 2.43. The molecule has 3 N–H and O–H groups in total. The van der Waals surface area contributed by atoms with Gasteiger partial charge in [-0.05, 0) is 48.6 Å². The van der Waals surface area contributed by atoms with Crippen molar-refractivity contribution in [2.75, 3.05) is 0 Å². The number of rotatable bonds is 6. The van der Waals surface area contributed by atoms with Crippen LogP contribution < -0.4 is 11.1 Å². The zero-order valence-corrected chi connectivity index (χ0v) is 11.6. The highest BCUT2D eigenvalue weighted by Gasteiger charge is 2.30. The predicted octanol–water partition coefficient (Wildman–Crippen LogP) is 2.31. The van der Waals surface area contributed by atoms with E-state index in [0.717, 1.165) is 6.42 Å². The summed E-state index contributed by atoms with van der Waals surface area (Å²) in [5, 5.41) is 7.16. The van der Waals surface area contributed by atoms with Crippen LogP contribution in [0.15, 0.2) is 16.8 Å². The number of carbonyl (C=O) groups is 1. The smallest absolute Gasteiger partial charge is 0.240 e. The van der Waals surface area contributed by atoms with E-state index in [0.29, 0.717) is 12.8 Å². The van der Waals surface area contributed by atoms with Crippen LogP contribution in [-0.4, -0.2) is 17.5 Å². The third-order valence-corrected chi connectivity index (χ3v) is 3.95. The van der Waals surface area contributed by atoms with Gasteiger partial charge in [-0.25, -0.2) is 0 Å². The van der Waals surface area contributed by atoms with Gasteiger partial charge in [0.05, 0.1) is 5.54 Å². The van der Waals surface area contributed by atoms with Crippen LogP contribution in [0.1, 0.15) is 39.2 Å². The van der Waals surface area contributed by atoms with Gasteiger partial charge in [-0.3, -0.25) is 4.79 Å². The van der Waals surface area contributed by atoms with E-state index in [2.05, 4.69) is 22.1 Å². The van der Waals surface area contributed by atoms with Gasteiger partial charge in [0.2, 0.25) is 5.91 Å². The highest BCUT2D eigenvalue weighted by molar-refractivity contribution is 7.07. The Hall–Kier alpha value is -0.870. The number of hydrogen-bond acceptors (Lipinski definition) is 3. The molecule has 1 heterocycles. The molecule has 3 nitrogen and oxygen atoms in total. The normalized spacial score (nSPS) is 13.4. The van der Waals surface area contributed by atoms with Crippen molar-refractivity contribution in [2.24, 2.45) is 5.73 Å². The second-order valence-corrected chi connectivity index (χ2v) is 5.35. The highest BCUT2D eigenvalue weighted by Crippen LogP contribution is 2.13. The van der Waals surface area contributed by atoms with Crippen molar-refractivity contribution in [1.29, 1.82) is 0 Å². The highest BCUT2D eigenvalue weighted by atomic mass is 32.1. The first-order valence-electron chi connectivity index (χ1n) is 6.12. The first-order chi connectivity index (χ1) is 8.01. The molecule has 1 aromatic rings. The summed E-state index contributed by atoms with van der Waals surface area (Å²) in [7, 11) is 0. The van der Waals surface area contributed by atoms with Gasteiger partial charge in [0.1, 0.15) is 0 Å². The molecular formula is C13H22N2OS. The third-order valence-electron chi connectivity index (χ3n) is 3.21. The minimum Gasteiger partial charge on any atom is -0.352 e. The van der Waals surface area contributed by atoms with E-state index in [1.54, 1.807) is 11.3 Å². The lowest BCUT2D eigenvalue weighted by molar-refractivity contribution is -0.127. The van der Waals surface area contributed by atoms with Crippen molar-refractivity contribution in [3.63, 3.8) is 0 Å². The Kier molecular flexibility index (Phi) is 5.15. The fraction of sp³-hybridized carbons (Fsp3) is 0.615. The number of amides is 1. The van der Waals surface area contributed by atoms with E-state index in [-0.39, 0.29) is 11.9 Å². The Bertz CT molecular complexity index is 344. The van der Waals surface area contributed by atoms with Crippen molar-refractivity contribution in [1.82, 2.24) is 5.32 Å². The van der Waals surface area contributed by atoms with Gasteiger partial charge < -0.3 is 11.1 Å². The molecule has 0 aliphatic heterocycles. The minimum atomic E-state index is -0.719. The lowest BCUT2D eigenvalue weighted by atomic mass is 9.92. The van der Waals surface area contributed by atoms with Crippen molar-refractivity contribution in [3.05, 3.63) is 22.4 Å². The van der Waals surface area contributed by atoms with Crippen molar-refractivity contribution < 1.29 is 4.79 Å². The summed E-state index contributed by atoms with van der Waals surface area (Å²) < 4.78 is 0. The second kappa shape index (κ2) is 6.17.